The van der Waals surface area contributed by atoms with Gasteiger partial charge < -0.3 is 9.47 Å². The number of methoxy groups -OCH3 is 1. The predicted octanol–water partition coefficient (Wildman–Crippen LogP) is 3.56. The van der Waals surface area contributed by atoms with Crippen LogP contribution in [0.15, 0.2) is 22.7 Å². The molecule has 17 heavy (non-hydrogen) atoms. The zero-order valence-corrected chi connectivity index (χ0v) is 11.3. The van der Waals surface area contributed by atoms with Crippen molar-refractivity contribution in [2.75, 3.05) is 7.11 Å². The molecular formula is C13H15BrO3. The number of benzene rings is 1. The molecule has 0 aromatic heterocycles. The number of carbonyl (C=O) groups excluding carboxylic acids is 1. The van der Waals surface area contributed by atoms with Crippen molar-refractivity contribution in [1.29, 1.82) is 0 Å². The summed E-state index contributed by atoms with van der Waals surface area (Å²) in [5.41, 5.74) is 0.526. The average Bonchev–Trinajstić information content (AvgIpc) is 2.83. The summed E-state index contributed by atoms with van der Waals surface area (Å²) >= 11 is 3.42. The van der Waals surface area contributed by atoms with E-state index in [1.165, 1.54) is 20.0 Å². The van der Waals surface area contributed by atoms with Crippen LogP contribution in [0.25, 0.3) is 0 Å². The standard InChI is InChI=1S/C13H15BrO3/c1-16-13(15)9-6-7-12(11(14)8-9)17-10-4-2-3-5-10/h6-8,10H,2-5H2,1H3. The van der Waals surface area contributed by atoms with Crippen LogP contribution in [0.1, 0.15) is 36.0 Å². The van der Waals surface area contributed by atoms with E-state index < -0.39 is 0 Å². The van der Waals surface area contributed by atoms with Crippen molar-refractivity contribution in [2.24, 2.45) is 0 Å². The lowest BCUT2D eigenvalue weighted by Crippen LogP contribution is -2.11. The number of halogens is 1. The molecule has 1 aliphatic carbocycles. The number of ether oxygens (including phenoxy) is 2. The van der Waals surface area contributed by atoms with Gasteiger partial charge in [-0.3, -0.25) is 0 Å². The van der Waals surface area contributed by atoms with Gasteiger partial charge in [0.1, 0.15) is 5.75 Å². The third-order valence-corrected chi connectivity index (χ3v) is 3.57. The second-order valence-electron chi connectivity index (χ2n) is 4.16. The molecule has 0 amide bonds. The normalized spacial score (nSPS) is 15.9. The van der Waals surface area contributed by atoms with E-state index >= 15 is 0 Å². The quantitative estimate of drug-likeness (QED) is 0.801. The van der Waals surface area contributed by atoms with E-state index in [4.69, 9.17) is 4.74 Å². The number of hydrogen-bond donors (Lipinski definition) is 0. The first-order valence-corrected chi connectivity index (χ1v) is 6.54. The van der Waals surface area contributed by atoms with Gasteiger partial charge in [0, 0.05) is 0 Å². The smallest absolute Gasteiger partial charge is 0.337 e. The molecule has 0 radical (unpaired) electrons. The molecule has 0 atom stereocenters. The van der Waals surface area contributed by atoms with Crippen LogP contribution in [-0.4, -0.2) is 19.2 Å². The highest BCUT2D eigenvalue weighted by Gasteiger charge is 2.18. The van der Waals surface area contributed by atoms with Gasteiger partial charge in [0.15, 0.2) is 0 Å². The van der Waals surface area contributed by atoms with Crippen molar-refractivity contribution >= 4 is 21.9 Å². The Morgan fingerprint density at radius 2 is 2.06 bits per heavy atom. The first kappa shape index (κ1) is 12.4. The lowest BCUT2D eigenvalue weighted by Gasteiger charge is -2.14. The van der Waals surface area contributed by atoms with Crippen molar-refractivity contribution in [3.8, 4) is 5.75 Å². The third-order valence-electron chi connectivity index (χ3n) is 2.95. The minimum Gasteiger partial charge on any atom is -0.489 e. The van der Waals surface area contributed by atoms with Crippen LogP contribution in [0.4, 0.5) is 0 Å². The summed E-state index contributed by atoms with van der Waals surface area (Å²) in [7, 11) is 1.37. The highest BCUT2D eigenvalue weighted by molar-refractivity contribution is 9.10. The van der Waals surface area contributed by atoms with E-state index in [0.29, 0.717) is 11.7 Å². The second kappa shape index (κ2) is 5.54. The Hall–Kier alpha value is -1.03. The Morgan fingerprint density at radius 3 is 2.65 bits per heavy atom. The zero-order valence-electron chi connectivity index (χ0n) is 9.74. The van der Waals surface area contributed by atoms with E-state index in [2.05, 4.69) is 20.7 Å². The highest BCUT2D eigenvalue weighted by atomic mass is 79.9. The molecule has 1 aromatic carbocycles. The number of esters is 1. The van der Waals surface area contributed by atoms with Crippen LogP contribution in [0.3, 0.4) is 0 Å². The topological polar surface area (TPSA) is 35.5 Å². The molecule has 0 heterocycles. The molecular weight excluding hydrogens is 284 g/mol. The summed E-state index contributed by atoms with van der Waals surface area (Å²) in [4.78, 5) is 11.3. The van der Waals surface area contributed by atoms with Crippen LogP contribution in [-0.2, 0) is 4.74 Å². The monoisotopic (exact) mass is 298 g/mol. The Morgan fingerprint density at radius 1 is 1.35 bits per heavy atom. The van der Waals surface area contributed by atoms with Gasteiger partial charge in [0.05, 0.1) is 23.2 Å². The Kier molecular flexibility index (Phi) is 4.05. The predicted molar refractivity (Wildman–Crippen MR) is 68.4 cm³/mol. The van der Waals surface area contributed by atoms with E-state index in [9.17, 15) is 4.79 Å². The molecule has 0 saturated heterocycles. The molecule has 0 bridgehead atoms. The van der Waals surface area contributed by atoms with Crippen LogP contribution in [0, 0.1) is 0 Å². The lowest BCUT2D eigenvalue weighted by atomic mass is 10.2. The van der Waals surface area contributed by atoms with Gasteiger partial charge in [-0.1, -0.05) is 0 Å². The largest absolute Gasteiger partial charge is 0.489 e. The number of hydrogen-bond acceptors (Lipinski definition) is 3. The van der Waals surface area contributed by atoms with Gasteiger partial charge in [-0.25, -0.2) is 4.79 Å². The first-order chi connectivity index (χ1) is 8.20. The Labute approximate surface area is 109 Å². The summed E-state index contributed by atoms with van der Waals surface area (Å²) in [6.07, 6.45) is 5.02. The molecule has 1 saturated carbocycles. The second-order valence-corrected chi connectivity index (χ2v) is 5.02. The number of rotatable bonds is 3. The van der Waals surface area contributed by atoms with E-state index in [0.717, 1.165) is 23.1 Å². The minimum atomic E-state index is -0.335. The van der Waals surface area contributed by atoms with Gasteiger partial charge in [0.25, 0.3) is 0 Å². The van der Waals surface area contributed by atoms with Crippen molar-refractivity contribution in [3.63, 3.8) is 0 Å². The SMILES string of the molecule is COC(=O)c1ccc(OC2CCCC2)c(Br)c1. The molecule has 1 fully saturated rings. The molecule has 92 valence electrons. The van der Waals surface area contributed by atoms with Crippen molar-refractivity contribution in [2.45, 2.75) is 31.8 Å². The molecule has 4 heteroatoms. The molecule has 2 rings (SSSR count). The fraction of sp³-hybridized carbons (Fsp3) is 0.462. The number of carbonyl (C=O) groups is 1. The van der Waals surface area contributed by atoms with Crippen molar-refractivity contribution in [3.05, 3.63) is 28.2 Å². The lowest BCUT2D eigenvalue weighted by molar-refractivity contribution is 0.0600. The van der Waals surface area contributed by atoms with E-state index in [1.54, 1.807) is 12.1 Å². The minimum absolute atomic E-state index is 0.315. The highest BCUT2D eigenvalue weighted by Crippen LogP contribution is 2.30. The Balaban J connectivity index is 2.10. The maximum Gasteiger partial charge on any atom is 0.337 e. The van der Waals surface area contributed by atoms with Gasteiger partial charge >= 0.3 is 5.97 Å². The van der Waals surface area contributed by atoms with Gasteiger partial charge in [0.2, 0.25) is 0 Å². The molecule has 0 spiro atoms. The van der Waals surface area contributed by atoms with Gasteiger partial charge in [-0.2, -0.15) is 0 Å². The summed E-state index contributed by atoms with van der Waals surface area (Å²) in [5.74, 6) is 0.461. The van der Waals surface area contributed by atoms with E-state index in [-0.39, 0.29) is 5.97 Å². The van der Waals surface area contributed by atoms with Crippen LogP contribution < -0.4 is 4.74 Å². The molecule has 0 N–H and O–H groups in total. The van der Waals surface area contributed by atoms with Crippen LogP contribution >= 0.6 is 15.9 Å². The summed E-state index contributed by atoms with van der Waals surface area (Å²) < 4.78 is 11.3. The van der Waals surface area contributed by atoms with Crippen molar-refractivity contribution in [1.82, 2.24) is 0 Å². The first-order valence-electron chi connectivity index (χ1n) is 5.75. The average molecular weight is 299 g/mol. The molecule has 1 aliphatic rings. The maximum atomic E-state index is 11.3. The van der Waals surface area contributed by atoms with Gasteiger partial charge in [-0.15, -0.1) is 0 Å². The fourth-order valence-corrected chi connectivity index (χ4v) is 2.50. The molecule has 3 nitrogen and oxygen atoms in total. The summed E-state index contributed by atoms with van der Waals surface area (Å²) in [6.45, 7) is 0. The fourth-order valence-electron chi connectivity index (χ4n) is 2.03. The zero-order chi connectivity index (χ0) is 12.3. The Bertz CT molecular complexity index is 411. The third kappa shape index (κ3) is 3.00. The van der Waals surface area contributed by atoms with Crippen LogP contribution in [0.5, 0.6) is 5.75 Å². The van der Waals surface area contributed by atoms with Gasteiger partial charge in [-0.05, 0) is 59.8 Å². The molecule has 0 aliphatic heterocycles. The summed E-state index contributed by atoms with van der Waals surface area (Å²) in [6, 6.07) is 5.27. The van der Waals surface area contributed by atoms with E-state index in [1.807, 2.05) is 6.07 Å². The summed E-state index contributed by atoms with van der Waals surface area (Å²) in [5, 5.41) is 0. The van der Waals surface area contributed by atoms with Crippen molar-refractivity contribution < 1.29 is 14.3 Å². The maximum absolute atomic E-state index is 11.3. The van der Waals surface area contributed by atoms with Crippen LogP contribution in [0.2, 0.25) is 0 Å². The molecule has 0 unspecified atom stereocenters. The molecule has 1 aromatic rings.